The monoisotopic (exact) mass is 451 g/mol. The molecule has 2 unspecified atom stereocenters. The highest BCUT2D eigenvalue weighted by Crippen LogP contribution is 2.19. The molecule has 0 aliphatic carbocycles. The summed E-state index contributed by atoms with van der Waals surface area (Å²) < 4.78 is 11.1. The Morgan fingerprint density at radius 1 is 1.25 bits per heavy atom. The predicted molar refractivity (Wildman–Crippen MR) is 109 cm³/mol. The van der Waals surface area contributed by atoms with E-state index in [4.69, 9.17) is 14.6 Å². The highest BCUT2D eigenvalue weighted by Gasteiger charge is 2.07. The van der Waals surface area contributed by atoms with Crippen LogP contribution in [0.4, 0.5) is 0 Å². The molecular formula is C17H30IN3O3. The van der Waals surface area contributed by atoms with Crippen LogP contribution in [0.5, 0.6) is 11.5 Å². The fourth-order valence-corrected chi connectivity index (χ4v) is 1.84. The molecule has 3 N–H and O–H groups in total. The molecule has 0 amide bonds. The number of aliphatic hydroxyl groups is 1. The van der Waals surface area contributed by atoms with Crippen molar-refractivity contribution in [3.8, 4) is 11.5 Å². The van der Waals surface area contributed by atoms with Gasteiger partial charge in [-0.15, -0.1) is 24.0 Å². The first-order chi connectivity index (χ1) is 11.1. The molecule has 0 radical (unpaired) electrons. The molecule has 1 aromatic carbocycles. The summed E-state index contributed by atoms with van der Waals surface area (Å²) in [4.78, 5) is 4.45. The number of nitrogens with zero attached hydrogens (tertiary/aromatic N) is 1. The first kappa shape index (κ1) is 22.8. The van der Waals surface area contributed by atoms with E-state index in [0.717, 1.165) is 24.0 Å². The van der Waals surface area contributed by atoms with Gasteiger partial charge in [0.1, 0.15) is 17.6 Å². The lowest BCUT2D eigenvalue weighted by atomic mass is 10.2. The van der Waals surface area contributed by atoms with Gasteiger partial charge in [0.25, 0.3) is 0 Å². The van der Waals surface area contributed by atoms with Crippen molar-refractivity contribution < 1.29 is 14.6 Å². The van der Waals surface area contributed by atoms with Gasteiger partial charge in [0, 0.05) is 25.8 Å². The minimum absolute atomic E-state index is 0. The highest BCUT2D eigenvalue weighted by atomic mass is 127. The van der Waals surface area contributed by atoms with E-state index in [2.05, 4.69) is 15.6 Å². The summed E-state index contributed by atoms with van der Waals surface area (Å²) >= 11 is 0. The van der Waals surface area contributed by atoms with Gasteiger partial charge in [-0.1, -0.05) is 13.0 Å². The number of rotatable bonds is 9. The molecule has 0 fully saturated rings. The Hall–Kier alpha value is -1.22. The maximum atomic E-state index is 9.06. The number of aliphatic imine (C=N–C) groups is 1. The van der Waals surface area contributed by atoms with Crippen LogP contribution >= 0.6 is 24.0 Å². The molecule has 24 heavy (non-hydrogen) atoms. The van der Waals surface area contributed by atoms with Gasteiger partial charge >= 0.3 is 0 Å². The molecule has 0 bridgehead atoms. The first-order valence-electron chi connectivity index (χ1n) is 8.02. The smallest absolute Gasteiger partial charge is 0.191 e. The Morgan fingerprint density at radius 2 is 1.96 bits per heavy atom. The number of aliphatic hydroxyl groups excluding tert-OH is 1. The van der Waals surface area contributed by atoms with Gasteiger partial charge in [-0.25, -0.2) is 0 Å². The maximum Gasteiger partial charge on any atom is 0.191 e. The van der Waals surface area contributed by atoms with Crippen molar-refractivity contribution in [1.29, 1.82) is 0 Å². The van der Waals surface area contributed by atoms with Crippen LogP contribution < -0.4 is 20.1 Å². The van der Waals surface area contributed by atoms with Crippen LogP contribution in [-0.4, -0.2) is 50.5 Å². The number of hydrogen-bond acceptors (Lipinski definition) is 4. The molecule has 6 nitrogen and oxygen atoms in total. The largest absolute Gasteiger partial charge is 0.497 e. The van der Waals surface area contributed by atoms with Crippen LogP contribution in [0.3, 0.4) is 0 Å². The van der Waals surface area contributed by atoms with E-state index in [9.17, 15) is 0 Å². The van der Waals surface area contributed by atoms with Crippen molar-refractivity contribution in [2.24, 2.45) is 10.9 Å². The Kier molecular flexibility index (Phi) is 12.4. The fraction of sp³-hybridized carbons (Fsp3) is 0.588. The molecule has 0 aromatic heterocycles. The quantitative estimate of drug-likeness (QED) is 0.305. The third kappa shape index (κ3) is 9.17. The molecule has 0 aliphatic heterocycles. The van der Waals surface area contributed by atoms with Gasteiger partial charge in [-0.3, -0.25) is 4.99 Å². The maximum absolute atomic E-state index is 9.06. The number of halogens is 1. The minimum atomic E-state index is -0.0266. The summed E-state index contributed by atoms with van der Waals surface area (Å²) in [6.07, 6.45) is -0.0266. The molecule has 138 valence electrons. The number of methoxy groups -OCH3 is 1. The Labute approximate surface area is 162 Å². The van der Waals surface area contributed by atoms with Gasteiger partial charge in [-0.2, -0.15) is 0 Å². The fourth-order valence-electron chi connectivity index (χ4n) is 1.84. The lowest BCUT2D eigenvalue weighted by molar-refractivity contribution is 0.222. The minimum Gasteiger partial charge on any atom is -0.497 e. The zero-order valence-electron chi connectivity index (χ0n) is 14.9. The van der Waals surface area contributed by atoms with E-state index in [0.29, 0.717) is 13.1 Å². The summed E-state index contributed by atoms with van der Waals surface area (Å²) in [6, 6.07) is 7.55. The number of hydrogen-bond donors (Lipinski definition) is 3. The number of benzene rings is 1. The second-order valence-corrected chi connectivity index (χ2v) is 5.50. The SMILES string of the molecule is CCNC(=NCC(C)CO)NCC(C)Oc1cccc(OC)c1.I. The van der Waals surface area contributed by atoms with Gasteiger partial charge in [0.05, 0.1) is 13.7 Å². The molecule has 7 heteroatoms. The van der Waals surface area contributed by atoms with Crippen LogP contribution in [0, 0.1) is 5.92 Å². The van der Waals surface area contributed by atoms with Crippen molar-refractivity contribution in [2.75, 3.05) is 33.4 Å². The zero-order chi connectivity index (χ0) is 17.1. The van der Waals surface area contributed by atoms with Gasteiger partial charge < -0.3 is 25.2 Å². The molecule has 0 spiro atoms. The van der Waals surface area contributed by atoms with E-state index in [1.807, 2.05) is 45.0 Å². The Morgan fingerprint density at radius 3 is 2.58 bits per heavy atom. The van der Waals surface area contributed by atoms with E-state index in [-0.39, 0.29) is 42.6 Å². The summed E-state index contributed by atoms with van der Waals surface area (Å²) in [6.45, 7) is 8.09. The van der Waals surface area contributed by atoms with Crippen molar-refractivity contribution in [3.63, 3.8) is 0 Å². The lowest BCUT2D eigenvalue weighted by Crippen LogP contribution is -2.42. The van der Waals surface area contributed by atoms with E-state index < -0.39 is 0 Å². The molecule has 2 atom stereocenters. The predicted octanol–water partition coefficient (Wildman–Crippen LogP) is 2.26. The number of nitrogens with one attached hydrogen (secondary N) is 2. The molecular weight excluding hydrogens is 421 g/mol. The van der Waals surface area contributed by atoms with E-state index in [1.54, 1.807) is 7.11 Å². The molecule has 0 saturated heterocycles. The molecule has 1 aromatic rings. The number of ether oxygens (including phenoxy) is 2. The van der Waals surface area contributed by atoms with Crippen molar-refractivity contribution in [1.82, 2.24) is 10.6 Å². The van der Waals surface area contributed by atoms with E-state index >= 15 is 0 Å². The molecule has 0 heterocycles. The Bertz CT molecular complexity index is 486. The van der Waals surface area contributed by atoms with E-state index in [1.165, 1.54) is 0 Å². The van der Waals surface area contributed by atoms with Crippen LogP contribution in [-0.2, 0) is 0 Å². The summed E-state index contributed by atoms with van der Waals surface area (Å²) in [5, 5.41) is 15.5. The molecule has 1 rings (SSSR count). The van der Waals surface area contributed by atoms with Crippen molar-refractivity contribution >= 4 is 29.9 Å². The van der Waals surface area contributed by atoms with Gasteiger partial charge in [0.15, 0.2) is 5.96 Å². The van der Waals surface area contributed by atoms with Crippen molar-refractivity contribution in [3.05, 3.63) is 24.3 Å². The lowest BCUT2D eigenvalue weighted by Gasteiger charge is -2.18. The number of guanidine groups is 1. The first-order valence-corrected chi connectivity index (χ1v) is 8.02. The van der Waals surface area contributed by atoms with Crippen molar-refractivity contribution in [2.45, 2.75) is 26.9 Å². The van der Waals surface area contributed by atoms with Gasteiger partial charge in [0.2, 0.25) is 0 Å². The second kappa shape index (κ2) is 13.1. The summed E-state index contributed by atoms with van der Waals surface area (Å²) in [5.41, 5.74) is 0. The van der Waals surface area contributed by atoms with Crippen LogP contribution in [0.25, 0.3) is 0 Å². The third-order valence-electron chi connectivity index (χ3n) is 3.15. The molecule has 0 saturated carbocycles. The van der Waals surface area contributed by atoms with Crippen LogP contribution in [0.1, 0.15) is 20.8 Å². The summed E-state index contributed by atoms with van der Waals surface area (Å²) in [7, 11) is 1.64. The zero-order valence-corrected chi connectivity index (χ0v) is 17.2. The third-order valence-corrected chi connectivity index (χ3v) is 3.15. The summed E-state index contributed by atoms with van der Waals surface area (Å²) in [5.74, 6) is 2.43. The highest BCUT2D eigenvalue weighted by molar-refractivity contribution is 14.0. The second-order valence-electron chi connectivity index (χ2n) is 5.50. The molecule has 0 aliphatic rings. The average molecular weight is 451 g/mol. The topological polar surface area (TPSA) is 75.1 Å². The normalized spacial score (nSPS) is 13.5. The van der Waals surface area contributed by atoms with Crippen LogP contribution in [0.15, 0.2) is 29.3 Å². The standard InChI is InChI=1S/C17H29N3O3.HI/c1-5-18-17(19-10-13(2)12-21)20-11-14(3)23-16-8-6-7-15(9-16)22-4;/h6-9,13-14,21H,5,10-12H2,1-4H3,(H2,18,19,20);1H. The van der Waals surface area contributed by atoms with Gasteiger partial charge in [-0.05, 0) is 31.9 Å². The Balaban J connectivity index is 0.00000529. The average Bonchev–Trinajstić information content (AvgIpc) is 2.57. The van der Waals surface area contributed by atoms with Crippen LogP contribution in [0.2, 0.25) is 0 Å².